The molecular formula is C38H49F2N5O4. The fourth-order valence-electron chi connectivity index (χ4n) is 9.24. The van der Waals surface area contributed by atoms with Gasteiger partial charge in [-0.25, -0.2) is 13.6 Å². The normalized spacial score (nSPS) is 23.6. The highest BCUT2D eigenvalue weighted by Crippen LogP contribution is 2.53. The molecule has 49 heavy (non-hydrogen) atoms. The minimum Gasteiger partial charge on any atom is -0.469 e. The first-order valence-corrected chi connectivity index (χ1v) is 17.7. The molecule has 0 bridgehead atoms. The van der Waals surface area contributed by atoms with E-state index in [2.05, 4.69) is 27.3 Å². The Morgan fingerprint density at radius 2 is 1.78 bits per heavy atom. The number of nitrogens with one attached hydrogen (secondary N) is 1. The van der Waals surface area contributed by atoms with E-state index in [0.717, 1.165) is 81.6 Å². The fraction of sp³-hybridized carbons (Fsp3) is 0.605. The highest BCUT2D eigenvalue weighted by Gasteiger charge is 2.52. The van der Waals surface area contributed by atoms with Crippen LogP contribution in [0.1, 0.15) is 55.2 Å². The van der Waals surface area contributed by atoms with Crippen LogP contribution in [0.25, 0.3) is 0 Å². The van der Waals surface area contributed by atoms with Gasteiger partial charge in [-0.3, -0.25) is 9.69 Å². The number of likely N-dealkylation sites (tertiary alicyclic amines) is 2. The second-order valence-corrected chi connectivity index (χ2v) is 14.6. The summed E-state index contributed by atoms with van der Waals surface area (Å²) in [6, 6.07) is 15.1. The van der Waals surface area contributed by atoms with Crippen LogP contribution in [-0.2, 0) is 26.2 Å². The molecule has 1 saturated carbocycles. The number of nitriles is 1. The number of nitrogens with zero attached hydrogens (tertiary/aromatic N) is 4. The molecule has 1 amide bonds. The zero-order valence-electron chi connectivity index (χ0n) is 28.7. The molecule has 3 saturated heterocycles. The molecule has 1 aliphatic carbocycles. The zero-order chi connectivity index (χ0) is 34.5. The van der Waals surface area contributed by atoms with Gasteiger partial charge in [0.1, 0.15) is 12.0 Å². The Morgan fingerprint density at radius 1 is 1.00 bits per heavy atom. The predicted octanol–water partition coefficient (Wildman–Crippen LogP) is 5.27. The van der Waals surface area contributed by atoms with Gasteiger partial charge < -0.3 is 24.6 Å². The van der Waals surface area contributed by atoms with Crippen molar-refractivity contribution < 1.29 is 27.8 Å². The van der Waals surface area contributed by atoms with Crippen LogP contribution >= 0.6 is 0 Å². The molecule has 2 aromatic carbocycles. The van der Waals surface area contributed by atoms with Gasteiger partial charge in [0.05, 0.1) is 25.9 Å². The number of hydrogen-bond donors (Lipinski definition) is 1. The molecule has 3 atom stereocenters. The molecule has 1 N–H and O–H groups in total. The van der Waals surface area contributed by atoms with Gasteiger partial charge in [-0.05, 0) is 98.0 Å². The molecule has 6 rings (SSSR count). The molecule has 2 aromatic rings. The summed E-state index contributed by atoms with van der Waals surface area (Å²) < 4.78 is 38.4. The lowest BCUT2D eigenvalue weighted by molar-refractivity contribution is -0.142. The molecular weight excluding hydrogens is 628 g/mol. The van der Waals surface area contributed by atoms with Crippen molar-refractivity contribution in [2.24, 2.45) is 23.7 Å². The Labute approximate surface area is 288 Å². The third-order valence-electron chi connectivity index (χ3n) is 11.7. The summed E-state index contributed by atoms with van der Waals surface area (Å²) in [6.07, 6.45) is 3.57. The minimum absolute atomic E-state index is 0.0686. The monoisotopic (exact) mass is 677 g/mol. The number of carbonyl (C=O) groups excluding carboxylic acids is 2. The van der Waals surface area contributed by atoms with Gasteiger partial charge in [0.25, 0.3) is 0 Å². The van der Waals surface area contributed by atoms with E-state index >= 15 is 0 Å². The summed E-state index contributed by atoms with van der Waals surface area (Å²) in [5.41, 5.74) is 3.02. The summed E-state index contributed by atoms with van der Waals surface area (Å²) in [6.45, 7) is 6.43. The molecule has 11 heteroatoms. The van der Waals surface area contributed by atoms with E-state index in [1.165, 1.54) is 20.3 Å². The fourth-order valence-corrected chi connectivity index (χ4v) is 9.24. The molecule has 9 nitrogen and oxygen atoms in total. The molecule has 3 aliphatic heterocycles. The average molecular weight is 678 g/mol. The number of anilines is 1. The van der Waals surface area contributed by atoms with Crippen molar-refractivity contribution in [1.82, 2.24) is 15.1 Å². The lowest BCUT2D eigenvalue weighted by Crippen LogP contribution is -2.56. The van der Waals surface area contributed by atoms with Crippen LogP contribution in [0.5, 0.6) is 0 Å². The number of alkyl halides is 1. The van der Waals surface area contributed by atoms with Crippen LogP contribution in [0, 0.1) is 40.8 Å². The SMILES string of the molecule is COC(=O)C[C@H]1CCC[C@@H]1[C@](CNC(=O)OC)(c1cccc(F)c1)C1CCN(CC2CN(c3ccc(C#N)c(CN4CC(F)C4)c3)C2)CC1. The van der Waals surface area contributed by atoms with E-state index < -0.39 is 17.7 Å². The Morgan fingerprint density at radius 3 is 2.45 bits per heavy atom. The van der Waals surface area contributed by atoms with E-state index in [1.807, 2.05) is 23.1 Å². The first-order valence-electron chi connectivity index (χ1n) is 17.7. The summed E-state index contributed by atoms with van der Waals surface area (Å²) in [5, 5.41) is 12.6. The molecule has 3 heterocycles. The Bertz CT molecular complexity index is 1520. The maximum atomic E-state index is 14.9. The predicted molar refractivity (Wildman–Crippen MR) is 182 cm³/mol. The zero-order valence-corrected chi connectivity index (χ0v) is 28.7. The van der Waals surface area contributed by atoms with Gasteiger partial charge >= 0.3 is 12.1 Å². The number of piperidine rings is 1. The molecule has 0 unspecified atom stereocenters. The first-order chi connectivity index (χ1) is 23.7. The van der Waals surface area contributed by atoms with Gasteiger partial charge in [0, 0.05) is 69.3 Å². The van der Waals surface area contributed by atoms with Crippen molar-refractivity contribution in [3.8, 4) is 6.07 Å². The molecule has 0 spiro atoms. The summed E-state index contributed by atoms with van der Waals surface area (Å²) in [7, 11) is 2.77. The minimum atomic E-state index is -0.768. The van der Waals surface area contributed by atoms with Crippen LogP contribution in [0.15, 0.2) is 42.5 Å². The number of amides is 1. The number of benzene rings is 2. The topological polar surface area (TPSA) is 98.1 Å². The van der Waals surface area contributed by atoms with Crippen LogP contribution in [0.3, 0.4) is 0 Å². The number of hydrogen-bond acceptors (Lipinski definition) is 8. The van der Waals surface area contributed by atoms with E-state index in [9.17, 15) is 23.6 Å². The van der Waals surface area contributed by atoms with Gasteiger partial charge in [-0.2, -0.15) is 5.26 Å². The number of rotatable bonds is 12. The number of esters is 1. The standard InChI is InChI=1S/C38H49F2N5O4/c1-48-36(46)16-27-5-3-8-35(27)38(25-42-37(47)49-2,31-6-4-7-32(39)17-31)30-11-13-43(14-12-30)19-26-20-45(21-26)34-10-9-28(18-41)29(15-34)22-44-23-33(40)24-44/h4,6-7,9-10,15,17,26-27,30,33,35H,3,5,8,11-14,16,19-25H2,1-2H3,(H,42,47)/t27-,35+,38+/m1/s1. The smallest absolute Gasteiger partial charge is 0.406 e. The highest BCUT2D eigenvalue weighted by molar-refractivity contribution is 5.69. The van der Waals surface area contributed by atoms with Crippen molar-refractivity contribution >= 4 is 17.7 Å². The van der Waals surface area contributed by atoms with Crippen LogP contribution in [0.4, 0.5) is 19.3 Å². The van der Waals surface area contributed by atoms with Gasteiger partial charge in [0.15, 0.2) is 0 Å². The van der Waals surface area contributed by atoms with E-state index in [0.29, 0.717) is 44.1 Å². The van der Waals surface area contributed by atoms with Crippen LogP contribution in [0.2, 0.25) is 0 Å². The van der Waals surface area contributed by atoms with E-state index in [1.54, 1.807) is 12.1 Å². The van der Waals surface area contributed by atoms with Crippen molar-refractivity contribution in [1.29, 1.82) is 5.26 Å². The third kappa shape index (κ3) is 7.71. The van der Waals surface area contributed by atoms with Crippen molar-refractivity contribution in [3.63, 3.8) is 0 Å². The molecule has 0 aromatic heterocycles. The summed E-state index contributed by atoms with van der Waals surface area (Å²) in [5.74, 6) is 0.283. The number of alkyl carbamates (subject to hydrolysis) is 1. The van der Waals surface area contributed by atoms with Gasteiger partial charge in [-0.1, -0.05) is 18.6 Å². The second-order valence-electron chi connectivity index (χ2n) is 14.6. The Hall–Kier alpha value is -3.75. The van der Waals surface area contributed by atoms with Gasteiger partial charge in [0.2, 0.25) is 0 Å². The number of methoxy groups -OCH3 is 2. The average Bonchev–Trinajstić information content (AvgIpc) is 3.54. The third-order valence-corrected chi connectivity index (χ3v) is 11.7. The molecule has 0 radical (unpaired) electrons. The Kier molecular flexibility index (Phi) is 11.0. The summed E-state index contributed by atoms with van der Waals surface area (Å²) >= 11 is 0. The maximum absolute atomic E-state index is 14.9. The molecule has 4 fully saturated rings. The van der Waals surface area contributed by atoms with E-state index in [4.69, 9.17) is 9.47 Å². The summed E-state index contributed by atoms with van der Waals surface area (Å²) in [4.78, 5) is 31.9. The largest absolute Gasteiger partial charge is 0.469 e. The maximum Gasteiger partial charge on any atom is 0.406 e. The van der Waals surface area contributed by atoms with Crippen molar-refractivity contribution in [3.05, 3.63) is 65.0 Å². The lowest BCUT2D eigenvalue weighted by atomic mass is 9.57. The molecule has 4 aliphatic rings. The quantitative estimate of drug-likeness (QED) is 0.304. The Balaban J connectivity index is 1.13. The highest BCUT2D eigenvalue weighted by atomic mass is 19.1. The van der Waals surface area contributed by atoms with Crippen LogP contribution < -0.4 is 10.2 Å². The lowest BCUT2D eigenvalue weighted by Gasteiger charge is -2.51. The first kappa shape index (κ1) is 35.1. The van der Waals surface area contributed by atoms with Crippen LogP contribution in [-0.4, -0.2) is 94.6 Å². The van der Waals surface area contributed by atoms with Crippen molar-refractivity contribution in [2.75, 3.05) is 71.5 Å². The van der Waals surface area contributed by atoms with E-state index in [-0.39, 0.29) is 29.5 Å². The number of ether oxygens (including phenoxy) is 2. The van der Waals surface area contributed by atoms with Gasteiger partial charge in [-0.15, -0.1) is 0 Å². The number of carbonyl (C=O) groups is 2. The number of halogens is 2. The van der Waals surface area contributed by atoms with Crippen molar-refractivity contribution in [2.45, 2.75) is 56.7 Å². The molecule has 264 valence electrons. The second kappa shape index (κ2) is 15.4.